The normalized spacial score (nSPS) is 15.3. The predicted octanol–water partition coefficient (Wildman–Crippen LogP) is -0.552. The Balaban J connectivity index is 5.78. The number of carbonyl (C=O) groups is 8. The fourth-order valence-corrected chi connectivity index (χ4v) is 5.19. The molecule has 0 saturated heterocycles. The van der Waals surface area contributed by atoms with Gasteiger partial charge in [0, 0.05) is 43.9 Å². The molecule has 0 aliphatic rings. The molecular formula is C37H59N7O9. The first-order valence-corrected chi connectivity index (χ1v) is 18.0. The standard InChI is InChI=1S/C37H59N7O9/c1-7-13-26(21-32(47)29(16-10-12-18-39)43-34(49)23(4)40)35(50)41-24(5)30(45)20-27(15-9-11-17-38)36(51)44-28(14-8-2)31(46)19-22(3)33(48)42-25(6)37(52)53/h1-2,22-29H,9-21,38-40H2,3-6H3,(H,41,50)(H,42,48)(H,43,49)(H,44,51)(H,52,53)/t22-,23+,24+,25+,26-,27-,28+,29+/m1/s1. The van der Waals surface area contributed by atoms with Crippen LogP contribution in [0, 0.1) is 42.4 Å². The summed E-state index contributed by atoms with van der Waals surface area (Å²) in [7, 11) is 0. The van der Waals surface area contributed by atoms with Crippen LogP contribution in [0.3, 0.4) is 0 Å². The third kappa shape index (κ3) is 19.1. The van der Waals surface area contributed by atoms with Crippen molar-refractivity contribution in [1.29, 1.82) is 0 Å². The Morgan fingerprint density at radius 1 is 0.585 bits per heavy atom. The van der Waals surface area contributed by atoms with Crippen molar-refractivity contribution in [2.75, 3.05) is 13.1 Å². The quantitative estimate of drug-likeness (QED) is 0.0370. The monoisotopic (exact) mass is 745 g/mol. The largest absolute Gasteiger partial charge is 0.480 e. The van der Waals surface area contributed by atoms with E-state index < -0.39 is 94.9 Å². The third-order valence-corrected chi connectivity index (χ3v) is 8.63. The molecule has 0 radical (unpaired) electrons. The van der Waals surface area contributed by atoms with Crippen LogP contribution in [0.5, 0.6) is 0 Å². The summed E-state index contributed by atoms with van der Waals surface area (Å²) < 4.78 is 0. The van der Waals surface area contributed by atoms with Crippen LogP contribution < -0.4 is 38.5 Å². The minimum Gasteiger partial charge on any atom is -0.480 e. The lowest BCUT2D eigenvalue weighted by molar-refractivity contribution is -0.142. The summed E-state index contributed by atoms with van der Waals surface area (Å²) in [5, 5.41) is 19.2. The number of carboxylic acid groups (broad SMARTS) is 1. The van der Waals surface area contributed by atoms with Gasteiger partial charge in [-0.25, -0.2) is 0 Å². The molecule has 0 saturated carbocycles. The van der Waals surface area contributed by atoms with Crippen molar-refractivity contribution < 1.29 is 43.5 Å². The fraction of sp³-hybridized carbons (Fsp3) is 0.676. The molecule has 11 N–H and O–H groups in total. The molecule has 0 heterocycles. The van der Waals surface area contributed by atoms with E-state index in [1.165, 1.54) is 27.7 Å². The van der Waals surface area contributed by atoms with Crippen LogP contribution in [-0.4, -0.2) is 95.4 Å². The van der Waals surface area contributed by atoms with E-state index in [1.54, 1.807) is 0 Å². The molecule has 53 heavy (non-hydrogen) atoms. The van der Waals surface area contributed by atoms with Crippen LogP contribution in [0.1, 0.15) is 98.3 Å². The van der Waals surface area contributed by atoms with Crippen molar-refractivity contribution in [3.8, 4) is 24.7 Å². The highest BCUT2D eigenvalue weighted by Crippen LogP contribution is 2.18. The average Bonchev–Trinajstić information content (AvgIpc) is 3.09. The minimum absolute atomic E-state index is 0.122. The molecule has 0 aromatic carbocycles. The first-order valence-electron chi connectivity index (χ1n) is 18.0. The van der Waals surface area contributed by atoms with E-state index in [4.69, 9.17) is 35.2 Å². The second-order valence-electron chi connectivity index (χ2n) is 13.4. The first-order chi connectivity index (χ1) is 24.9. The van der Waals surface area contributed by atoms with Gasteiger partial charge in [-0.15, -0.1) is 24.7 Å². The molecular weight excluding hydrogens is 686 g/mol. The molecule has 16 heteroatoms. The van der Waals surface area contributed by atoms with Gasteiger partial charge in [-0.2, -0.15) is 0 Å². The molecule has 0 rings (SSSR count). The van der Waals surface area contributed by atoms with Crippen LogP contribution in [-0.2, 0) is 38.4 Å². The van der Waals surface area contributed by atoms with E-state index >= 15 is 0 Å². The van der Waals surface area contributed by atoms with Crippen LogP contribution in [0.15, 0.2) is 0 Å². The molecule has 8 atom stereocenters. The Morgan fingerprint density at radius 3 is 1.60 bits per heavy atom. The molecule has 0 spiro atoms. The zero-order valence-corrected chi connectivity index (χ0v) is 31.4. The van der Waals surface area contributed by atoms with Crippen molar-refractivity contribution in [3.63, 3.8) is 0 Å². The molecule has 16 nitrogen and oxygen atoms in total. The Morgan fingerprint density at radius 2 is 1.08 bits per heavy atom. The number of carbonyl (C=O) groups excluding carboxylic acids is 7. The van der Waals surface area contributed by atoms with Gasteiger partial charge in [-0.05, 0) is 66.0 Å². The van der Waals surface area contributed by atoms with Crippen LogP contribution in [0.25, 0.3) is 0 Å². The number of terminal acetylenes is 2. The lowest BCUT2D eigenvalue weighted by Gasteiger charge is -2.24. The van der Waals surface area contributed by atoms with Gasteiger partial charge in [0.15, 0.2) is 17.3 Å². The van der Waals surface area contributed by atoms with Gasteiger partial charge in [0.2, 0.25) is 23.6 Å². The van der Waals surface area contributed by atoms with Crippen LogP contribution >= 0.6 is 0 Å². The zero-order valence-electron chi connectivity index (χ0n) is 31.4. The number of unbranched alkanes of at least 4 members (excludes halogenated alkanes) is 2. The highest BCUT2D eigenvalue weighted by atomic mass is 16.4. The fourth-order valence-electron chi connectivity index (χ4n) is 5.19. The summed E-state index contributed by atoms with van der Waals surface area (Å²) in [4.78, 5) is 102. The SMILES string of the molecule is C#CC[C@H](CC(=O)[C@H](CCCCN)NC(=O)[C@H](C)N)C(=O)N[C@@H](C)C(=O)C[C@@H](CCCCN)C(=O)N[C@@H](CC#C)C(=O)C[C@@H](C)C(=O)N[C@@H](C)C(=O)O. The van der Waals surface area contributed by atoms with E-state index in [2.05, 4.69) is 33.1 Å². The van der Waals surface area contributed by atoms with Gasteiger partial charge in [0.1, 0.15) is 6.04 Å². The number of ketones is 3. The van der Waals surface area contributed by atoms with Gasteiger partial charge in [-0.3, -0.25) is 38.4 Å². The molecule has 0 aromatic heterocycles. The maximum Gasteiger partial charge on any atom is 0.325 e. The molecule has 0 bridgehead atoms. The van der Waals surface area contributed by atoms with E-state index in [0.29, 0.717) is 38.8 Å². The Bertz CT molecular complexity index is 1350. The van der Waals surface area contributed by atoms with Crippen LogP contribution in [0.2, 0.25) is 0 Å². The predicted molar refractivity (Wildman–Crippen MR) is 198 cm³/mol. The first kappa shape index (κ1) is 48.4. The minimum atomic E-state index is -1.25. The van der Waals surface area contributed by atoms with E-state index in [1.807, 2.05) is 0 Å². The van der Waals surface area contributed by atoms with Crippen LogP contribution in [0.4, 0.5) is 0 Å². The number of hydrogen-bond acceptors (Lipinski definition) is 11. The van der Waals surface area contributed by atoms with Crippen molar-refractivity contribution in [1.82, 2.24) is 21.3 Å². The van der Waals surface area contributed by atoms with Gasteiger partial charge in [0.25, 0.3) is 0 Å². The summed E-state index contributed by atoms with van der Waals surface area (Å²) in [5.74, 6) is -3.36. The highest BCUT2D eigenvalue weighted by Gasteiger charge is 2.32. The summed E-state index contributed by atoms with van der Waals surface area (Å²) in [6.07, 6.45) is 12.4. The summed E-state index contributed by atoms with van der Waals surface area (Å²) >= 11 is 0. The number of aliphatic carboxylic acids is 1. The van der Waals surface area contributed by atoms with Gasteiger partial charge in [-0.1, -0.05) is 13.3 Å². The Labute approximate surface area is 312 Å². The maximum atomic E-state index is 13.5. The molecule has 4 amide bonds. The number of Topliss-reactive ketones (excluding diaryl/α,β-unsaturated/α-hetero) is 3. The highest BCUT2D eigenvalue weighted by molar-refractivity contribution is 5.97. The maximum absolute atomic E-state index is 13.5. The number of rotatable bonds is 28. The summed E-state index contributed by atoms with van der Waals surface area (Å²) in [6.45, 7) is 6.36. The summed E-state index contributed by atoms with van der Waals surface area (Å²) in [5.41, 5.74) is 16.9. The molecule has 296 valence electrons. The molecule has 0 unspecified atom stereocenters. The number of nitrogens with one attached hydrogen (secondary N) is 4. The van der Waals surface area contributed by atoms with E-state index in [-0.39, 0.29) is 44.9 Å². The average molecular weight is 746 g/mol. The number of hydrogen-bond donors (Lipinski definition) is 8. The van der Waals surface area contributed by atoms with Gasteiger partial charge >= 0.3 is 5.97 Å². The third-order valence-electron chi connectivity index (χ3n) is 8.63. The topological polar surface area (TPSA) is 283 Å². The lowest BCUT2D eigenvalue weighted by atomic mass is 9.90. The number of nitrogens with two attached hydrogens (primary N) is 3. The second kappa shape index (κ2) is 26.2. The molecule has 0 aliphatic carbocycles. The van der Waals surface area contributed by atoms with Gasteiger partial charge in [0.05, 0.1) is 30.1 Å². The van der Waals surface area contributed by atoms with Crippen molar-refractivity contribution in [2.45, 2.75) is 129 Å². The Kier molecular flexibility index (Phi) is 23.9. The van der Waals surface area contributed by atoms with Crippen molar-refractivity contribution >= 4 is 46.9 Å². The van der Waals surface area contributed by atoms with Crippen molar-refractivity contribution in [3.05, 3.63) is 0 Å². The zero-order chi connectivity index (χ0) is 40.7. The number of carboxylic acids is 1. The molecule has 0 fully saturated rings. The summed E-state index contributed by atoms with van der Waals surface area (Å²) in [6, 6.07) is -5.21. The van der Waals surface area contributed by atoms with E-state index in [0.717, 1.165) is 0 Å². The van der Waals surface area contributed by atoms with Crippen molar-refractivity contribution in [2.24, 2.45) is 35.0 Å². The lowest BCUT2D eigenvalue weighted by Crippen LogP contribution is -2.49. The van der Waals surface area contributed by atoms with E-state index in [9.17, 15) is 38.4 Å². The number of amides is 4. The second-order valence-corrected chi connectivity index (χ2v) is 13.4. The Hall–Kier alpha value is -4.64. The smallest absolute Gasteiger partial charge is 0.325 e. The molecule has 0 aromatic rings. The molecule has 0 aliphatic heterocycles. The van der Waals surface area contributed by atoms with Gasteiger partial charge < -0.3 is 43.6 Å².